The van der Waals surface area contributed by atoms with Gasteiger partial charge in [-0.3, -0.25) is 4.79 Å². The van der Waals surface area contributed by atoms with Gasteiger partial charge in [0.1, 0.15) is 6.61 Å². The second-order valence-corrected chi connectivity index (χ2v) is 9.12. The third-order valence-electron chi connectivity index (χ3n) is 6.17. The van der Waals surface area contributed by atoms with Crippen molar-refractivity contribution in [1.82, 2.24) is 4.90 Å². The van der Waals surface area contributed by atoms with Gasteiger partial charge >= 0.3 is 6.09 Å². The van der Waals surface area contributed by atoms with Gasteiger partial charge in [0, 0.05) is 12.6 Å². The first-order chi connectivity index (χ1) is 17.0. The summed E-state index contributed by atoms with van der Waals surface area (Å²) in [4.78, 5) is 29.6. The lowest BCUT2D eigenvalue weighted by Crippen LogP contribution is -2.54. The fraction of sp³-hybridized carbons (Fsp3) is 0.385. The van der Waals surface area contributed by atoms with Gasteiger partial charge in [-0.1, -0.05) is 32.1 Å². The largest absolute Gasteiger partial charge is 0.493 e. The predicted molar refractivity (Wildman–Crippen MR) is 135 cm³/mol. The average molecular weight is 499 g/mol. The summed E-state index contributed by atoms with van der Waals surface area (Å²) >= 11 is 1.58. The Morgan fingerprint density at radius 1 is 1.34 bits per heavy atom. The number of thiophene rings is 1. The molecule has 0 fully saturated rings. The third-order valence-corrected chi connectivity index (χ3v) is 6.86. The van der Waals surface area contributed by atoms with E-state index >= 15 is 0 Å². The van der Waals surface area contributed by atoms with Crippen LogP contribution in [-0.4, -0.2) is 61.1 Å². The number of aliphatic hydroxyl groups is 1. The Bertz CT molecular complexity index is 1110. The molecule has 0 radical (unpaired) electrons. The van der Waals surface area contributed by atoms with Gasteiger partial charge < -0.3 is 24.2 Å². The highest BCUT2D eigenvalue weighted by Gasteiger charge is 2.44. The van der Waals surface area contributed by atoms with E-state index in [4.69, 9.17) is 14.2 Å². The molecule has 3 heterocycles. The van der Waals surface area contributed by atoms with Gasteiger partial charge in [0.25, 0.3) is 5.91 Å². The van der Waals surface area contributed by atoms with Crippen LogP contribution in [0.15, 0.2) is 47.7 Å². The molecule has 0 spiro atoms. The first-order valence-corrected chi connectivity index (χ1v) is 12.6. The molecule has 2 atom stereocenters. The monoisotopic (exact) mass is 498 g/mol. The highest BCUT2D eigenvalue weighted by Crippen LogP contribution is 2.42. The molecule has 9 heteroatoms. The second kappa shape index (κ2) is 11.0. The van der Waals surface area contributed by atoms with Crippen molar-refractivity contribution in [3.8, 4) is 11.5 Å². The fourth-order valence-electron chi connectivity index (χ4n) is 4.34. The molecular formula is C26H30N2O6S. The molecule has 1 aromatic carbocycles. The van der Waals surface area contributed by atoms with Crippen molar-refractivity contribution in [1.29, 1.82) is 0 Å². The Morgan fingerprint density at radius 2 is 2.17 bits per heavy atom. The molecule has 1 N–H and O–H groups in total. The maximum atomic E-state index is 13.7. The van der Waals surface area contributed by atoms with Gasteiger partial charge in [-0.25, -0.2) is 9.69 Å². The molecule has 0 aliphatic carbocycles. The highest BCUT2D eigenvalue weighted by molar-refractivity contribution is 7.08. The summed E-state index contributed by atoms with van der Waals surface area (Å²) in [7, 11) is 1.50. The van der Waals surface area contributed by atoms with Crippen LogP contribution in [0.2, 0.25) is 0 Å². The number of rotatable bonds is 8. The van der Waals surface area contributed by atoms with Crippen LogP contribution in [-0.2, 0) is 4.74 Å². The molecule has 2 amide bonds. The van der Waals surface area contributed by atoms with Crippen LogP contribution in [0, 0.1) is 0 Å². The molecule has 186 valence electrons. The molecule has 35 heavy (non-hydrogen) atoms. The molecule has 0 bridgehead atoms. The zero-order valence-electron chi connectivity index (χ0n) is 19.9. The van der Waals surface area contributed by atoms with Crippen molar-refractivity contribution in [2.75, 3.05) is 31.8 Å². The minimum absolute atomic E-state index is 0.0320. The average Bonchev–Trinajstić information content (AvgIpc) is 3.39. The van der Waals surface area contributed by atoms with Gasteiger partial charge in [0.2, 0.25) is 0 Å². The van der Waals surface area contributed by atoms with Gasteiger partial charge in [0.05, 0.1) is 31.0 Å². The molecule has 8 nitrogen and oxygen atoms in total. The van der Waals surface area contributed by atoms with Gasteiger partial charge in [-0.2, -0.15) is 11.3 Å². The molecular weight excluding hydrogens is 468 g/mol. The number of benzene rings is 1. The summed E-state index contributed by atoms with van der Waals surface area (Å²) in [5.41, 5.74) is 2.51. The Balaban J connectivity index is 1.79. The number of nitrogens with zero attached hydrogens (tertiary/aromatic N) is 2. The molecule has 1 unspecified atom stereocenters. The summed E-state index contributed by atoms with van der Waals surface area (Å²) in [6.45, 7) is 6.37. The van der Waals surface area contributed by atoms with Crippen molar-refractivity contribution in [2.45, 2.75) is 38.5 Å². The number of carbonyl (C=O) groups excluding carboxylic acids is 2. The molecule has 0 saturated carbocycles. The smallest absolute Gasteiger partial charge is 0.416 e. The number of ether oxygens (including phenoxy) is 3. The van der Waals surface area contributed by atoms with E-state index in [2.05, 4.69) is 13.5 Å². The van der Waals surface area contributed by atoms with Gasteiger partial charge in [0.15, 0.2) is 17.7 Å². The van der Waals surface area contributed by atoms with E-state index in [1.165, 1.54) is 13.2 Å². The number of fused-ring (bicyclic) bond motifs is 2. The molecule has 0 saturated heterocycles. The Hall–Kier alpha value is -3.30. The lowest BCUT2D eigenvalue weighted by molar-refractivity contribution is 0.0397. The normalized spacial score (nSPS) is 19.3. The van der Waals surface area contributed by atoms with E-state index in [-0.39, 0.29) is 23.8 Å². The summed E-state index contributed by atoms with van der Waals surface area (Å²) < 4.78 is 16.7. The number of carbonyl (C=O) groups is 2. The number of anilines is 1. The van der Waals surface area contributed by atoms with Crippen LogP contribution in [0.3, 0.4) is 0 Å². The molecule has 1 aromatic heterocycles. The summed E-state index contributed by atoms with van der Waals surface area (Å²) in [5, 5.41) is 15.5. The highest BCUT2D eigenvalue weighted by atomic mass is 32.1. The molecule has 2 aliphatic heterocycles. The van der Waals surface area contributed by atoms with Gasteiger partial charge in [-0.05, 0) is 46.9 Å². The van der Waals surface area contributed by atoms with Crippen LogP contribution in [0.25, 0.3) is 5.57 Å². The lowest BCUT2D eigenvalue weighted by atomic mass is 9.94. The Kier molecular flexibility index (Phi) is 7.77. The zero-order valence-corrected chi connectivity index (χ0v) is 20.8. The van der Waals surface area contributed by atoms with Crippen LogP contribution in [0.5, 0.6) is 11.5 Å². The van der Waals surface area contributed by atoms with Crippen molar-refractivity contribution in [3.63, 3.8) is 0 Å². The van der Waals surface area contributed by atoms with Crippen molar-refractivity contribution in [2.24, 2.45) is 0 Å². The van der Waals surface area contributed by atoms with Crippen molar-refractivity contribution in [3.05, 3.63) is 58.8 Å². The summed E-state index contributed by atoms with van der Waals surface area (Å²) in [6, 6.07) is 4.49. The van der Waals surface area contributed by atoms with E-state index in [0.29, 0.717) is 31.1 Å². The van der Waals surface area contributed by atoms with E-state index in [9.17, 15) is 14.7 Å². The number of aliphatic hydroxyl groups excluding tert-OH is 1. The lowest BCUT2D eigenvalue weighted by Gasteiger charge is -2.38. The SMILES string of the molecule is C=CCOC(=O)N1c2cc(OCCCC)c(OC)cc2C(=O)N2CC=C(c3ccsc3)C[C@H]2C1O. The summed E-state index contributed by atoms with van der Waals surface area (Å²) in [6.07, 6.45) is 3.50. The molecule has 2 aliphatic rings. The van der Waals surface area contributed by atoms with E-state index < -0.39 is 18.4 Å². The number of hydrogen-bond acceptors (Lipinski definition) is 7. The Labute approximate surface area is 209 Å². The van der Waals surface area contributed by atoms with Crippen LogP contribution < -0.4 is 14.4 Å². The number of unbranched alkanes of at least 4 members (excludes halogenated alkanes) is 1. The third kappa shape index (κ3) is 4.92. The maximum absolute atomic E-state index is 13.7. The van der Waals surface area contributed by atoms with Crippen LogP contribution in [0.1, 0.15) is 42.1 Å². The van der Waals surface area contributed by atoms with Crippen molar-refractivity contribution >= 4 is 34.6 Å². The first kappa shape index (κ1) is 24.8. The summed E-state index contributed by atoms with van der Waals surface area (Å²) in [5.74, 6) is 0.465. The number of amides is 2. The minimum Gasteiger partial charge on any atom is -0.493 e. The van der Waals surface area contributed by atoms with Gasteiger partial charge in [-0.15, -0.1) is 0 Å². The minimum atomic E-state index is -1.34. The van der Waals surface area contributed by atoms with Crippen LogP contribution >= 0.6 is 11.3 Å². The topological polar surface area (TPSA) is 88.5 Å². The standard InChI is InChI=1S/C26H30N2O6S/c1-4-6-11-33-23-15-20-19(14-22(23)32-3)24(29)27-9-7-17(18-8-12-35-16-18)13-21(27)25(30)28(20)26(31)34-10-5-2/h5,7-8,12,14-16,21,25,30H,2,4,6,9-11,13H2,1,3H3/t21-,25?/m0/s1. The predicted octanol–water partition coefficient (Wildman–Crippen LogP) is 4.69. The molecule has 2 aromatic rings. The van der Waals surface area contributed by atoms with E-state index in [1.807, 2.05) is 22.9 Å². The number of hydrogen-bond donors (Lipinski definition) is 1. The number of methoxy groups -OCH3 is 1. The quantitative estimate of drug-likeness (QED) is 0.420. The van der Waals surface area contributed by atoms with Crippen molar-refractivity contribution < 1.29 is 28.9 Å². The molecule has 4 rings (SSSR count). The second-order valence-electron chi connectivity index (χ2n) is 8.34. The first-order valence-electron chi connectivity index (χ1n) is 11.6. The Morgan fingerprint density at radius 3 is 2.86 bits per heavy atom. The fourth-order valence-corrected chi connectivity index (χ4v) is 5.02. The van der Waals surface area contributed by atoms with E-state index in [1.54, 1.807) is 28.4 Å². The van der Waals surface area contributed by atoms with Crippen LogP contribution in [0.4, 0.5) is 10.5 Å². The van der Waals surface area contributed by atoms with E-state index in [0.717, 1.165) is 28.9 Å². The maximum Gasteiger partial charge on any atom is 0.416 e. The zero-order chi connectivity index (χ0) is 24.9.